The number of hydrogen-bond acceptors (Lipinski definition) is 4. The van der Waals surface area contributed by atoms with Gasteiger partial charge in [0.25, 0.3) is 0 Å². The van der Waals surface area contributed by atoms with Crippen molar-refractivity contribution >= 4 is 11.7 Å². The van der Waals surface area contributed by atoms with Crippen LogP contribution < -0.4 is 11.1 Å². The van der Waals surface area contributed by atoms with E-state index in [2.05, 4.69) is 15.5 Å². The number of aromatic amines is 1. The summed E-state index contributed by atoms with van der Waals surface area (Å²) in [5.74, 6) is 0.541. The van der Waals surface area contributed by atoms with Crippen LogP contribution >= 0.6 is 0 Å². The third-order valence-electron chi connectivity index (χ3n) is 3.81. The van der Waals surface area contributed by atoms with Crippen molar-refractivity contribution in [3.05, 3.63) is 11.3 Å². The minimum absolute atomic E-state index is 0.0529. The van der Waals surface area contributed by atoms with E-state index < -0.39 is 5.41 Å². The maximum atomic E-state index is 12.4. The number of nitrogens with zero attached hydrogens (tertiary/aromatic N) is 1. The van der Waals surface area contributed by atoms with Crippen LogP contribution in [0.5, 0.6) is 0 Å². The van der Waals surface area contributed by atoms with Gasteiger partial charge in [-0.05, 0) is 26.7 Å². The van der Waals surface area contributed by atoms with Crippen LogP contribution in [0.3, 0.4) is 0 Å². The Hall–Kier alpha value is -1.40. The molecule has 6 nitrogen and oxygen atoms in total. The molecule has 1 amide bonds. The summed E-state index contributed by atoms with van der Waals surface area (Å²) in [6.45, 7) is 5.36. The second kappa shape index (κ2) is 5.07. The van der Waals surface area contributed by atoms with Gasteiger partial charge in [0.2, 0.25) is 5.91 Å². The molecule has 18 heavy (non-hydrogen) atoms. The number of anilines is 1. The van der Waals surface area contributed by atoms with E-state index in [1.807, 2.05) is 13.8 Å². The van der Waals surface area contributed by atoms with E-state index in [-0.39, 0.29) is 5.91 Å². The van der Waals surface area contributed by atoms with Gasteiger partial charge in [-0.3, -0.25) is 9.89 Å². The summed E-state index contributed by atoms with van der Waals surface area (Å²) in [4.78, 5) is 12.4. The van der Waals surface area contributed by atoms with E-state index >= 15 is 0 Å². The predicted molar refractivity (Wildman–Crippen MR) is 68.2 cm³/mol. The van der Waals surface area contributed by atoms with Gasteiger partial charge in [-0.2, -0.15) is 5.10 Å². The lowest BCUT2D eigenvalue weighted by atomic mass is 9.79. The fourth-order valence-corrected chi connectivity index (χ4v) is 2.13. The highest BCUT2D eigenvalue weighted by Crippen LogP contribution is 2.31. The zero-order valence-electron chi connectivity index (χ0n) is 10.9. The number of amides is 1. The summed E-state index contributed by atoms with van der Waals surface area (Å²) in [7, 11) is 0. The Kier molecular flexibility index (Phi) is 3.68. The normalized spacial score (nSPS) is 18.6. The van der Waals surface area contributed by atoms with Crippen LogP contribution in [0.15, 0.2) is 0 Å². The minimum atomic E-state index is -0.516. The van der Waals surface area contributed by atoms with Crippen LogP contribution in [0.2, 0.25) is 0 Å². The van der Waals surface area contributed by atoms with Crippen molar-refractivity contribution in [1.29, 1.82) is 0 Å². The largest absolute Gasteiger partial charge is 0.381 e. The van der Waals surface area contributed by atoms with Gasteiger partial charge in [-0.25, -0.2) is 0 Å². The molecule has 0 bridgehead atoms. The number of aryl methyl sites for hydroxylation is 1. The smallest absolute Gasteiger partial charge is 0.233 e. The topological polar surface area (TPSA) is 93.0 Å². The molecule has 100 valence electrons. The number of carbonyl (C=O) groups is 1. The van der Waals surface area contributed by atoms with Crippen molar-refractivity contribution in [1.82, 2.24) is 10.2 Å². The van der Waals surface area contributed by atoms with Crippen molar-refractivity contribution in [2.75, 3.05) is 25.1 Å². The van der Waals surface area contributed by atoms with E-state index in [4.69, 9.17) is 10.5 Å². The second-order valence-electron chi connectivity index (χ2n) is 4.87. The molecule has 1 fully saturated rings. The van der Waals surface area contributed by atoms with E-state index in [1.54, 1.807) is 0 Å². The lowest BCUT2D eigenvalue weighted by molar-refractivity contribution is -0.130. The molecule has 0 radical (unpaired) electrons. The Morgan fingerprint density at radius 1 is 1.50 bits per heavy atom. The van der Waals surface area contributed by atoms with Gasteiger partial charge in [-0.1, -0.05) is 0 Å². The average Bonchev–Trinajstić information content (AvgIpc) is 2.71. The summed E-state index contributed by atoms with van der Waals surface area (Å²) >= 11 is 0. The Bertz CT molecular complexity index is 435. The molecule has 2 heterocycles. The molecule has 1 aromatic rings. The monoisotopic (exact) mass is 252 g/mol. The van der Waals surface area contributed by atoms with Gasteiger partial charge in [0.1, 0.15) is 0 Å². The fourth-order valence-electron chi connectivity index (χ4n) is 2.13. The van der Waals surface area contributed by atoms with E-state index in [0.717, 1.165) is 11.3 Å². The SMILES string of the molecule is Cc1[nH]nc(NC(=O)C2(CN)CCOCC2)c1C. The van der Waals surface area contributed by atoms with Crippen molar-refractivity contribution < 1.29 is 9.53 Å². The van der Waals surface area contributed by atoms with Crippen LogP contribution in [0.1, 0.15) is 24.1 Å². The highest BCUT2D eigenvalue weighted by molar-refractivity contribution is 5.95. The van der Waals surface area contributed by atoms with Crippen molar-refractivity contribution in [2.45, 2.75) is 26.7 Å². The first-order valence-electron chi connectivity index (χ1n) is 6.20. The molecule has 0 atom stereocenters. The maximum Gasteiger partial charge on any atom is 0.233 e. The average molecular weight is 252 g/mol. The molecule has 2 rings (SSSR count). The van der Waals surface area contributed by atoms with Crippen LogP contribution in [0, 0.1) is 19.3 Å². The Balaban J connectivity index is 2.13. The molecule has 0 unspecified atom stereocenters. The number of carbonyl (C=O) groups excluding carboxylic acids is 1. The second-order valence-corrected chi connectivity index (χ2v) is 4.87. The molecule has 1 aromatic heterocycles. The van der Waals surface area contributed by atoms with Crippen molar-refractivity contribution in [3.63, 3.8) is 0 Å². The predicted octanol–water partition coefficient (Wildman–Crippen LogP) is 0.721. The fraction of sp³-hybridized carbons (Fsp3) is 0.667. The summed E-state index contributed by atoms with van der Waals surface area (Å²) in [5, 5.41) is 9.82. The number of aromatic nitrogens is 2. The van der Waals surface area contributed by atoms with Crippen molar-refractivity contribution in [2.24, 2.45) is 11.1 Å². The summed E-state index contributed by atoms with van der Waals surface area (Å²) < 4.78 is 5.30. The molecule has 1 aliphatic heterocycles. The van der Waals surface area contributed by atoms with Gasteiger partial charge >= 0.3 is 0 Å². The van der Waals surface area contributed by atoms with E-state index in [1.165, 1.54) is 0 Å². The molecular weight excluding hydrogens is 232 g/mol. The molecule has 6 heteroatoms. The molecule has 0 spiro atoms. The first-order valence-corrected chi connectivity index (χ1v) is 6.20. The number of rotatable bonds is 3. The van der Waals surface area contributed by atoms with E-state index in [0.29, 0.717) is 38.4 Å². The highest BCUT2D eigenvalue weighted by atomic mass is 16.5. The lowest BCUT2D eigenvalue weighted by Crippen LogP contribution is -2.46. The van der Waals surface area contributed by atoms with Crippen LogP contribution in [-0.2, 0) is 9.53 Å². The Morgan fingerprint density at radius 2 is 2.17 bits per heavy atom. The first kappa shape index (κ1) is 13.0. The van der Waals surface area contributed by atoms with Crippen LogP contribution in [0.4, 0.5) is 5.82 Å². The number of nitrogens with one attached hydrogen (secondary N) is 2. The van der Waals surface area contributed by atoms with Crippen molar-refractivity contribution in [3.8, 4) is 0 Å². The lowest BCUT2D eigenvalue weighted by Gasteiger charge is -2.34. The minimum Gasteiger partial charge on any atom is -0.381 e. The zero-order valence-corrected chi connectivity index (χ0v) is 10.9. The number of nitrogens with two attached hydrogens (primary N) is 1. The number of H-pyrrole nitrogens is 1. The third-order valence-corrected chi connectivity index (χ3v) is 3.81. The molecule has 0 aromatic carbocycles. The summed E-state index contributed by atoms with van der Waals surface area (Å²) in [6, 6.07) is 0. The van der Waals surface area contributed by atoms with Gasteiger partial charge < -0.3 is 15.8 Å². The molecule has 1 aliphatic rings. The number of hydrogen-bond donors (Lipinski definition) is 3. The van der Waals surface area contributed by atoms with Gasteiger partial charge in [0.15, 0.2) is 5.82 Å². The molecule has 0 aliphatic carbocycles. The quantitative estimate of drug-likeness (QED) is 0.739. The van der Waals surface area contributed by atoms with E-state index in [9.17, 15) is 4.79 Å². The number of ether oxygens (including phenoxy) is 1. The molecular formula is C12H20N4O2. The molecule has 1 saturated heterocycles. The van der Waals surface area contributed by atoms with Gasteiger partial charge in [-0.15, -0.1) is 0 Å². The first-order chi connectivity index (χ1) is 8.59. The highest BCUT2D eigenvalue weighted by Gasteiger charge is 2.39. The Labute approximate surface area is 106 Å². The standard InChI is InChI=1S/C12H20N4O2/c1-8-9(2)15-16-10(8)14-11(17)12(7-13)3-5-18-6-4-12/h3-7,13H2,1-2H3,(H2,14,15,16,17). The van der Waals surface area contributed by atoms with Crippen LogP contribution in [-0.4, -0.2) is 35.9 Å². The summed E-state index contributed by atoms with van der Waals surface area (Å²) in [6.07, 6.45) is 1.33. The molecule has 0 saturated carbocycles. The summed E-state index contributed by atoms with van der Waals surface area (Å²) in [5.41, 5.74) is 7.19. The zero-order chi connectivity index (χ0) is 13.2. The van der Waals surface area contributed by atoms with Gasteiger partial charge in [0, 0.05) is 31.0 Å². The third kappa shape index (κ3) is 2.26. The Morgan fingerprint density at radius 3 is 2.67 bits per heavy atom. The van der Waals surface area contributed by atoms with Crippen LogP contribution in [0.25, 0.3) is 0 Å². The molecule has 4 N–H and O–H groups in total. The maximum absolute atomic E-state index is 12.4. The van der Waals surface area contributed by atoms with Gasteiger partial charge in [0.05, 0.1) is 5.41 Å².